The first-order valence-electron chi connectivity index (χ1n) is 8.38. The minimum Gasteiger partial charge on any atom is -0.307 e. The van der Waals surface area contributed by atoms with Gasteiger partial charge in [-0.2, -0.15) is 0 Å². The highest BCUT2D eigenvalue weighted by Gasteiger charge is 2.35. The fourth-order valence-corrected chi connectivity index (χ4v) is 5.30. The van der Waals surface area contributed by atoms with E-state index in [1.807, 2.05) is 11.8 Å². The van der Waals surface area contributed by atoms with Crippen LogP contribution in [0.4, 0.5) is 0 Å². The Morgan fingerprint density at radius 3 is 2.75 bits per heavy atom. The lowest BCUT2D eigenvalue weighted by molar-refractivity contribution is 0.244. The number of benzene rings is 1. The number of rotatable bonds is 3. The molecule has 1 aromatic carbocycles. The summed E-state index contributed by atoms with van der Waals surface area (Å²) in [6.45, 7) is 0. The zero-order valence-electron chi connectivity index (χ0n) is 12.2. The normalized spacial score (nSPS) is 33.7. The van der Waals surface area contributed by atoms with Gasteiger partial charge in [-0.1, -0.05) is 31.0 Å². The molecule has 2 fully saturated rings. The van der Waals surface area contributed by atoms with Gasteiger partial charge in [0.05, 0.1) is 0 Å². The molecule has 2 heteroatoms. The highest BCUT2D eigenvalue weighted by atomic mass is 32.2. The highest BCUT2D eigenvalue weighted by Crippen LogP contribution is 2.44. The van der Waals surface area contributed by atoms with Crippen molar-refractivity contribution >= 4 is 11.8 Å². The van der Waals surface area contributed by atoms with Crippen LogP contribution in [0.1, 0.15) is 56.6 Å². The van der Waals surface area contributed by atoms with Crippen molar-refractivity contribution in [2.24, 2.45) is 11.8 Å². The fraction of sp³-hybridized carbons (Fsp3) is 0.667. The summed E-state index contributed by atoms with van der Waals surface area (Å²) in [6, 6.07) is 10.4. The van der Waals surface area contributed by atoms with Gasteiger partial charge in [0.25, 0.3) is 0 Å². The van der Waals surface area contributed by atoms with Crippen LogP contribution in [0.5, 0.6) is 0 Å². The van der Waals surface area contributed by atoms with Gasteiger partial charge in [0.2, 0.25) is 0 Å². The SMILES string of the molecule is c1ccc2c(c1)SCCC2NC1CCCC(C2CC2)C1. The Morgan fingerprint density at radius 2 is 1.85 bits per heavy atom. The summed E-state index contributed by atoms with van der Waals surface area (Å²) in [4.78, 5) is 1.51. The van der Waals surface area contributed by atoms with Crippen molar-refractivity contribution < 1.29 is 0 Å². The third-order valence-electron chi connectivity index (χ3n) is 5.40. The predicted octanol–water partition coefficient (Wildman–Crippen LogP) is 4.78. The zero-order valence-corrected chi connectivity index (χ0v) is 13.0. The molecule has 0 amide bonds. The first-order chi connectivity index (χ1) is 9.90. The van der Waals surface area contributed by atoms with Gasteiger partial charge < -0.3 is 5.32 Å². The van der Waals surface area contributed by atoms with Crippen LogP contribution in [0.2, 0.25) is 0 Å². The summed E-state index contributed by atoms with van der Waals surface area (Å²) in [7, 11) is 0. The second-order valence-corrected chi connectivity index (χ2v) is 7.99. The van der Waals surface area contributed by atoms with Crippen LogP contribution in [0, 0.1) is 11.8 Å². The summed E-state index contributed by atoms with van der Waals surface area (Å²) < 4.78 is 0. The number of thioether (sulfide) groups is 1. The summed E-state index contributed by atoms with van der Waals surface area (Å²) in [5.41, 5.74) is 1.55. The maximum Gasteiger partial charge on any atom is 0.0341 e. The van der Waals surface area contributed by atoms with E-state index in [2.05, 4.69) is 29.6 Å². The van der Waals surface area contributed by atoms with E-state index in [1.165, 1.54) is 55.6 Å². The van der Waals surface area contributed by atoms with E-state index in [0.717, 1.165) is 17.9 Å². The Balaban J connectivity index is 1.44. The Kier molecular flexibility index (Phi) is 3.78. The third-order valence-corrected chi connectivity index (χ3v) is 6.52. The van der Waals surface area contributed by atoms with Crippen LogP contribution < -0.4 is 5.32 Å². The van der Waals surface area contributed by atoms with Gasteiger partial charge in [-0.15, -0.1) is 11.8 Å². The molecule has 1 aromatic rings. The van der Waals surface area contributed by atoms with Gasteiger partial charge in [0.1, 0.15) is 0 Å². The number of nitrogens with one attached hydrogen (secondary N) is 1. The average molecular weight is 287 g/mol. The molecule has 1 heterocycles. The third kappa shape index (κ3) is 2.78. The van der Waals surface area contributed by atoms with Crippen molar-refractivity contribution in [1.29, 1.82) is 0 Å². The second kappa shape index (κ2) is 5.73. The topological polar surface area (TPSA) is 12.0 Å². The quantitative estimate of drug-likeness (QED) is 0.858. The molecule has 1 nitrogen and oxygen atoms in total. The minimum atomic E-state index is 0.607. The Hall–Kier alpha value is -0.470. The average Bonchev–Trinajstić information content (AvgIpc) is 3.33. The van der Waals surface area contributed by atoms with Crippen molar-refractivity contribution in [3.8, 4) is 0 Å². The van der Waals surface area contributed by atoms with Gasteiger partial charge in [-0.05, 0) is 61.3 Å². The van der Waals surface area contributed by atoms with E-state index >= 15 is 0 Å². The fourth-order valence-electron chi connectivity index (χ4n) is 4.17. The molecule has 3 atom stereocenters. The molecule has 0 radical (unpaired) electrons. The molecule has 2 aliphatic carbocycles. The van der Waals surface area contributed by atoms with E-state index < -0.39 is 0 Å². The maximum atomic E-state index is 4.01. The predicted molar refractivity (Wildman–Crippen MR) is 86.1 cm³/mol. The van der Waals surface area contributed by atoms with Crippen LogP contribution in [-0.2, 0) is 0 Å². The molecule has 0 saturated heterocycles. The lowest BCUT2D eigenvalue weighted by Gasteiger charge is -2.35. The lowest BCUT2D eigenvalue weighted by Crippen LogP contribution is -2.38. The van der Waals surface area contributed by atoms with Crippen LogP contribution in [-0.4, -0.2) is 11.8 Å². The van der Waals surface area contributed by atoms with Crippen molar-refractivity contribution in [3.05, 3.63) is 29.8 Å². The van der Waals surface area contributed by atoms with Crippen molar-refractivity contribution in [1.82, 2.24) is 5.32 Å². The molecule has 4 rings (SSSR count). The van der Waals surface area contributed by atoms with Gasteiger partial charge in [-0.3, -0.25) is 0 Å². The van der Waals surface area contributed by atoms with E-state index in [-0.39, 0.29) is 0 Å². The first-order valence-corrected chi connectivity index (χ1v) is 9.36. The molecule has 3 aliphatic rings. The summed E-state index contributed by atoms with van der Waals surface area (Å²) in [6.07, 6.45) is 10.1. The van der Waals surface area contributed by atoms with E-state index in [9.17, 15) is 0 Å². The van der Waals surface area contributed by atoms with Crippen LogP contribution >= 0.6 is 11.8 Å². The largest absolute Gasteiger partial charge is 0.307 e. The lowest BCUT2D eigenvalue weighted by atomic mass is 9.82. The molecule has 1 N–H and O–H groups in total. The molecule has 3 unspecified atom stereocenters. The number of hydrogen-bond acceptors (Lipinski definition) is 2. The first kappa shape index (κ1) is 13.2. The van der Waals surface area contributed by atoms with E-state index in [0.29, 0.717) is 6.04 Å². The molecule has 108 valence electrons. The molecule has 20 heavy (non-hydrogen) atoms. The van der Waals surface area contributed by atoms with Crippen LogP contribution in [0.25, 0.3) is 0 Å². The van der Waals surface area contributed by atoms with Gasteiger partial charge in [0.15, 0.2) is 0 Å². The smallest absolute Gasteiger partial charge is 0.0341 e. The molecule has 0 spiro atoms. The summed E-state index contributed by atoms with van der Waals surface area (Å²) in [5.74, 6) is 3.40. The molecule has 0 aromatic heterocycles. The molecular weight excluding hydrogens is 262 g/mol. The van der Waals surface area contributed by atoms with E-state index in [1.54, 1.807) is 5.56 Å². The van der Waals surface area contributed by atoms with Crippen LogP contribution in [0.15, 0.2) is 29.2 Å². The highest BCUT2D eigenvalue weighted by molar-refractivity contribution is 7.99. The molecular formula is C18H25NS. The van der Waals surface area contributed by atoms with Gasteiger partial charge in [0, 0.05) is 17.0 Å². The summed E-state index contributed by atoms with van der Waals surface area (Å²) in [5, 5.41) is 4.01. The number of hydrogen-bond donors (Lipinski definition) is 1. The van der Waals surface area contributed by atoms with Gasteiger partial charge >= 0.3 is 0 Å². The molecule has 0 bridgehead atoms. The standard InChI is InChI=1S/C18H25NS/c1-2-7-18-16(6-1)17(10-11-20-18)19-15-5-3-4-14(12-15)13-8-9-13/h1-2,6-7,13-15,17,19H,3-5,8-12H2. The minimum absolute atomic E-state index is 0.607. The van der Waals surface area contributed by atoms with Crippen LogP contribution in [0.3, 0.4) is 0 Å². The van der Waals surface area contributed by atoms with Crippen molar-refractivity contribution in [3.63, 3.8) is 0 Å². The Morgan fingerprint density at radius 1 is 0.950 bits per heavy atom. The summed E-state index contributed by atoms with van der Waals surface area (Å²) >= 11 is 2.03. The van der Waals surface area contributed by atoms with E-state index in [4.69, 9.17) is 0 Å². The molecule has 2 saturated carbocycles. The Labute approximate surface area is 126 Å². The maximum absolute atomic E-state index is 4.01. The second-order valence-electron chi connectivity index (χ2n) is 6.86. The molecule has 1 aliphatic heterocycles. The zero-order chi connectivity index (χ0) is 13.4. The van der Waals surface area contributed by atoms with Gasteiger partial charge in [-0.25, -0.2) is 0 Å². The van der Waals surface area contributed by atoms with Crippen molar-refractivity contribution in [2.45, 2.75) is 61.9 Å². The van der Waals surface area contributed by atoms with Crippen molar-refractivity contribution in [2.75, 3.05) is 5.75 Å². The Bertz CT molecular complexity index is 468. The number of fused-ring (bicyclic) bond motifs is 1. The monoisotopic (exact) mass is 287 g/mol.